The second-order valence-corrected chi connectivity index (χ2v) is 4.32. The predicted octanol–water partition coefficient (Wildman–Crippen LogP) is 0.671. The first-order valence-corrected chi connectivity index (χ1v) is 5.61. The highest BCUT2D eigenvalue weighted by Crippen LogP contribution is 2.25. The summed E-state index contributed by atoms with van der Waals surface area (Å²) in [6.07, 6.45) is 7.32. The Hall–Kier alpha value is -0.870. The number of nitrogens with one attached hydrogen (secondary N) is 1. The van der Waals surface area contributed by atoms with Gasteiger partial charge >= 0.3 is 0 Å². The standard InChI is InChI=1S/C11H19N3O/c1-14-6-5-12-11(14)7-13-10-4-2-3-9(10)8-15/h5-6,9-10,13,15H,2-4,7-8H2,1H3. The zero-order valence-corrected chi connectivity index (χ0v) is 9.19. The van der Waals surface area contributed by atoms with Gasteiger partial charge in [-0.2, -0.15) is 0 Å². The summed E-state index contributed by atoms with van der Waals surface area (Å²) in [5.74, 6) is 1.49. The molecule has 0 spiro atoms. The van der Waals surface area contributed by atoms with Crippen LogP contribution in [0.4, 0.5) is 0 Å². The highest BCUT2D eigenvalue weighted by Gasteiger charge is 2.26. The third-order valence-electron chi connectivity index (χ3n) is 3.34. The van der Waals surface area contributed by atoms with Crippen molar-refractivity contribution < 1.29 is 5.11 Å². The summed E-state index contributed by atoms with van der Waals surface area (Å²) in [6.45, 7) is 1.10. The molecule has 2 rings (SSSR count). The quantitative estimate of drug-likeness (QED) is 0.766. The highest BCUT2D eigenvalue weighted by atomic mass is 16.3. The van der Waals surface area contributed by atoms with Crippen LogP contribution < -0.4 is 5.32 Å². The third-order valence-corrected chi connectivity index (χ3v) is 3.34. The molecule has 1 fully saturated rings. The number of hydrogen-bond donors (Lipinski definition) is 2. The lowest BCUT2D eigenvalue weighted by molar-refractivity contribution is 0.204. The summed E-state index contributed by atoms with van der Waals surface area (Å²) < 4.78 is 2.02. The molecule has 0 amide bonds. The third kappa shape index (κ3) is 2.38. The van der Waals surface area contributed by atoms with Crippen molar-refractivity contribution in [2.24, 2.45) is 13.0 Å². The lowest BCUT2D eigenvalue weighted by Gasteiger charge is -2.18. The normalized spacial score (nSPS) is 26.0. The maximum absolute atomic E-state index is 9.19. The fraction of sp³-hybridized carbons (Fsp3) is 0.727. The maximum atomic E-state index is 9.19. The summed E-state index contributed by atoms with van der Waals surface area (Å²) in [6, 6.07) is 0.465. The van der Waals surface area contributed by atoms with E-state index in [1.165, 1.54) is 12.8 Å². The lowest BCUT2D eigenvalue weighted by atomic mass is 10.1. The minimum Gasteiger partial charge on any atom is -0.396 e. The van der Waals surface area contributed by atoms with Gasteiger partial charge in [-0.05, 0) is 18.8 Å². The minimum absolute atomic E-state index is 0.304. The van der Waals surface area contributed by atoms with Crippen molar-refractivity contribution in [3.8, 4) is 0 Å². The molecule has 0 aliphatic heterocycles. The fourth-order valence-electron chi connectivity index (χ4n) is 2.31. The number of aryl methyl sites for hydroxylation is 1. The Bertz CT molecular complexity index is 311. The Balaban J connectivity index is 1.85. The van der Waals surface area contributed by atoms with Crippen LogP contribution in [0.25, 0.3) is 0 Å². The van der Waals surface area contributed by atoms with E-state index in [4.69, 9.17) is 0 Å². The number of rotatable bonds is 4. The van der Waals surface area contributed by atoms with Crippen LogP contribution in [0.1, 0.15) is 25.1 Å². The van der Waals surface area contributed by atoms with Crippen LogP contribution in [-0.2, 0) is 13.6 Å². The van der Waals surface area contributed by atoms with Gasteiger partial charge in [-0.3, -0.25) is 0 Å². The highest BCUT2D eigenvalue weighted by molar-refractivity contribution is 4.92. The van der Waals surface area contributed by atoms with Gasteiger partial charge in [-0.25, -0.2) is 4.98 Å². The molecular formula is C11H19N3O. The minimum atomic E-state index is 0.304. The number of hydrogen-bond acceptors (Lipinski definition) is 3. The van der Waals surface area contributed by atoms with E-state index < -0.39 is 0 Å². The van der Waals surface area contributed by atoms with Crippen LogP contribution >= 0.6 is 0 Å². The molecule has 1 aromatic heterocycles. The first-order valence-electron chi connectivity index (χ1n) is 5.61. The van der Waals surface area contributed by atoms with Crippen molar-refractivity contribution in [3.63, 3.8) is 0 Å². The Kier molecular flexibility index (Phi) is 3.38. The van der Waals surface area contributed by atoms with Gasteiger partial charge in [-0.15, -0.1) is 0 Å². The molecule has 4 heteroatoms. The van der Waals surface area contributed by atoms with Gasteiger partial charge in [0.05, 0.1) is 6.54 Å². The molecule has 0 aromatic carbocycles. The Morgan fingerprint density at radius 1 is 1.60 bits per heavy atom. The van der Waals surface area contributed by atoms with Crippen LogP contribution in [0.2, 0.25) is 0 Å². The molecule has 84 valence electrons. The van der Waals surface area contributed by atoms with Crippen molar-refractivity contribution in [3.05, 3.63) is 18.2 Å². The summed E-state index contributed by atoms with van der Waals surface area (Å²) in [5, 5.41) is 12.7. The van der Waals surface area contributed by atoms with Crippen LogP contribution in [0.15, 0.2) is 12.4 Å². The van der Waals surface area contributed by atoms with E-state index in [0.29, 0.717) is 18.6 Å². The summed E-state index contributed by atoms with van der Waals surface area (Å²) in [5.41, 5.74) is 0. The van der Waals surface area contributed by atoms with Crippen LogP contribution in [0.3, 0.4) is 0 Å². The molecule has 1 heterocycles. The van der Waals surface area contributed by atoms with Crippen molar-refractivity contribution in [1.82, 2.24) is 14.9 Å². The average molecular weight is 209 g/mol. The number of aromatic nitrogens is 2. The molecule has 15 heavy (non-hydrogen) atoms. The fourth-order valence-corrected chi connectivity index (χ4v) is 2.31. The molecule has 2 unspecified atom stereocenters. The molecule has 1 aromatic rings. The van der Waals surface area contributed by atoms with E-state index in [9.17, 15) is 5.11 Å². The molecule has 0 radical (unpaired) electrons. The second kappa shape index (κ2) is 4.77. The van der Waals surface area contributed by atoms with Crippen LogP contribution in [0, 0.1) is 5.92 Å². The number of aliphatic hydroxyl groups excluding tert-OH is 1. The lowest BCUT2D eigenvalue weighted by Crippen LogP contribution is -2.34. The van der Waals surface area contributed by atoms with Crippen molar-refractivity contribution >= 4 is 0 Å². The van der Waals surface area contributed by atoms with E-state index in [1.807, 2.05) is 24.0 Å². The Morgan fingerprint density at radius 2 is 2.47 bits per heavy atom. The molecule has 4 nitrogen and oxygen atoms in total. The van der Waals surface area contributed by atoms with E-state index in [2.05, 4.69) is 10.3 Å². The monoisotopic (exact) mass is 209 g/mol. The van der Waals surface area contributed by atoms with Gasteiger partial charge in [0, 0.05) is 32.1 Å². The van der Waals surface area contributed by atoms with Gasteiger partial charge in [0.1, 0.15) is 5.82 Å². The molecule has 2 atom stereocenters. The summed E-state index contributed by atoms with van der Waals surface area (Å²) in [4.78, 5) is 4.27. The summed E-state index contributed by atoms with van der Waals surface area (Å²) >= 11 is 0. The zero-order chi connectivity index (χ0) is 10.7. The molecule has 1 saturated carbocycles. The van der Waals surface area contributed by atoms with Gasteiger partial charge in [-0.1, -0.05) is 6.42 Å². The zero-order valence-electron chi connectivity index (χ0n) is 9.19. The number of aliphatic hydroxyl groups is 1. The smallest absolute Gasteiger partial charge is 0.122 e. The van der Waals surface area contributed by atoms with E-state index in [0.717, 1.165) is 18.8 Å². The van der Waals surface area contributed by atoms with Crippen molar-refractivity contribution in [1.29, 1.82) is 0 Å². The molecular weight excluding hydrogens is 190 g/mol. The van der Waals surface area contributed by atoms with E-state index in [1.54, 1.807) is 0 Å². The topological polar surface area (TPSA) is 50.1 Å². The molecule has 1 aliphatic rings. The summed E-state index contributed by atoms with van der Waals surface area (Å²) in [7, 11) is 2.00. The average Bonchev–Trinajstić information content (AvgIpc) is 2.83. The van der Waals surface area contributed by atoms with Crippen LogP contribution in [-0.4, -0.2) is 27.3 Å². The first kappa shape index (κ1) is 10.6. The van der Waals surface area contributed by atoms with Gasteiger partial charge in [0.2, 0.25) is 0 Å². The Labute approximate surface area is 90.3 Å². The van der Waals surface area contributed by atoms with E-state index >= 15 is 0 Å². The number of imidazole rings is 1. The van der Waals surface area contributed by atoms with Gasteiger partial charge < -0.3 is 15.0 Å². The largest absolute Gasteiger partial charge is 0.396 e. The predicted molar refractivity (Wildman–Crippen MR) is 58.3 cm³/mol. The van der Waals surface area contributed by atoms with Crippen LogP contribution in [0.5, 0.6) is 0 Å². The van der Waals surface area contributed by atoms with Crippen molar-refractivity contribution in [2.45, 2.75) is 31.8 Å². The van der Waals surface area contributed by atoms with Crippen molar-refractivity contribution in [2.75, 3.05) is 6.61 Å². The molecule has 0 saturated heterocycles. The van der Waals surface area contributed by atoms with E-state index in [-0.39, 0.29) is 0 Å². The van der Waals surface area contributed by atoms with Gasteiger partial charge in [0.15, 0.2) is 0 Å². The maximum Gasteiger partial charge on any atom is 0.122 e. The molecule has 1 aliphatic carbocycles. The molecule has 0 bridgehead atoms. The second-order valence-electron chi connectivity index (χ2n) is 4.32. The Morgan fingerprint density at radius 3 is 3.13 bits per heavy atom. The molecule has 2 N–H and O–H groups in total. The SMILES string of the molecule is Cn1ccnc1CNC1CCCC1CO. The first-order chi connectivity index (χ1) is 7.31. The van der Waals surface area contributed by atoms with Gasteiger partial charge in [0.25, 0.3) is 0 Å². The number of nitrogens with zero attached hydrogens (tertiary/aromatic N) is 2.